The van der Waals surface area contributed by atoms with Crippen LogP contribution in [-0.2, 0) is 16.1 Å². The number of anilines is 1. The van der Waals surface area contributed by atoms with Gasteiger partial charge in [0.05, 0.1) is 12.2 Å². The van der Waals surface area contributed by atoms with Gasteiger partial charge < -0.3 is 0 Å². The van der Waals surface area contributed by atoms with Crippen LogP contribution in [0.3, 0.4) is 0 Å². The number of benzene rings is 2. The highest BCUT2D eigenvalue weighted by Gasteiger charge is 2.54. The van der Waals surface area contributed by atoms with Gasteiger partial charge in [0.2, 0.25) is 0 Å². The highest BCUT2D eigenvalue weighted by molar-refractivity contribution is 6.25. The van der Waals surface area contributed by atoms with Gasteiger partial charge in [-0.05, 0) is 17.7 Å². The number of imide groups is 1. The molecule has 2 atom stereocenters. The molecule has 0 aromatic heterocycles. The van der Waals surface area contributed by atoms with Crippen molar-refractivity contribution in [1.82, 2.24) is 5.01 Å². The number of amides is 2. The van der Waals surface area contributed by atoms with E-state index in [1.165, 1.54) is 4.90 Å². The van der Waals surface area contributed by atoms with Crippen LogP contribution in [0.4, 0.5) is 5.69 Å². The fourth-order valence-electron chi connectivity index (χ4n) is 2.96. The van der Waals surface area contributed by atoms with Crippen LogP contribution in [0, 0.1) is 0 Å². The molecule has 2 aliphatic rings. The lowest BCUT2D eigenvalue weighted by molar-refractivity contribution is -0.123. The smallest absolute Gasteiger partial charge is 0.263 e. The van der Waals surface area contributed by atoms with Gasteiger partial charge in [0.15, 0.2) is 12.1 Å². The van der Waals surface area contributed by atoms with Gasteiger partial charge in [0, 0.05) is 0 Å². The number of nitrogens with zero attached hydrogens (tertiary/aromatic N) is 4. The Labute approximate surface area is 133 Å². The highest BCUT2D eigenvalue weighted by atomic mass is 16.2. The van der Waals surface area contributed by atoms with Gasteiger partial charge in [0.25, 0.3) is 11.8 Å². The van der Waals surface area contributed by atoms with Crippen LogP contribution < -0.4 is 4.90 Å². The minimum absolute atomic E-state index is 0.271. The topological polar surface area (TPSA) is 65.3 Å². The Morgan fingerprint density at radius 3 is 2.22 bits per heavy atom. The Hall–Kier alpha value is -3.02. The standard InChI is InChI=1S/C17H14N4O2/c22-16-14-15(17(23)21(16)13-9-5-2-6-10-13)20(19-18-14)11-12-7-3-1-4-8-12/h1-10,14-15H,11H2. The molecule has 1 saturated heterocycles. The van der Waals surface area contributed by atoms with Crippen molar-refractivity contribution >= 4 is 17.5 Å². The minimum Gasteiger partial charge on any atom is -0.271 e. The zero-order chi connectivity index (χ0) is 15.8. The van der Waals surface area contributed by atoms with Crippen molar-refractivity contribution in [3.05, 3.63) is 66.2 Å². The number of fused-ring (bicyclic) bond motifs is 1. The maximum absolute atomic E-state index is 12.7. The summed E-state index contributed by atoms with van der Waals surface area (Å²) in [4.78, 5) is 26.5. The molecule has 23 heavy (non-hydrogen) atoms. The molecular weight excluding hydrogens is 292 g/mol. The molecule has 0 N–H and O–H groups in total. The first-order valence-corrected chi connectivity index (χ1v) is 7.40. The average molecular weight is 306 g/mol. The summed E-state index contributed by atoms with van der Waals surface area (Å²) in [7, 11) is 0. The molecule has 2 aromatic rings. The first-order valence-electron chi connectivity index (χ1n) is 7.40. The number of rotatable bonds is 3. The van der Waals surface area contributed by atoms with Crippen LogP contribution in [0.15, 0.2) is 71.0 Å². The molecule has 2 aliphatic heterocycles. The zero-order valence-corrected chi connectivity index (χ0v) is 12.2. The molecule has 2 unspecified atom stereocenters. The van der Waals surface area contributed by atoms with Crippen LogP contribution in [0.1, 0.15) is 5.56 Å². The second-order valence-corrected chi connectivity index (χ2v) is 5.53. The Bertz CT molecular complexity index is 776. The summed E-state index contributed by atoms with van der Waals surface area (Å²) in [5.74, 6) is -0.586. The summed E-state index contributed by atoms with van der Waals surface area (Å²) in [5.41, 5.74) is 1.59. The van der Waals surface area contributed by atoms with E-state index in [4.69, 9.17) is 0 Å². The molecule has 0 aliphatic carbocycles. The van der Waals surface area contributed by atoms with Crippen LogP contribution in [0.2, 0.25) is 0 Å². The fraction of sp³-hybridized carbons (Fsp3) is 0.176. The number of para-hydroxylation sites is 1. The van der Waals surface area contributed by atoms with E-state index in [1.54, 1.807) is 29.3 Å². The van der Waals surface area contributed by atoms with Gasteiger partial charge in [-0.15, -0.1) is 0 Å². The molecule has 0 spiro atoms. The first kappa shape index (κ1) is 13.6. The van der Waals surface area contributed by atoms with Crippen molar-refractivity contribution in [3.8, 4) is 0 Å². The van der Waals surface area contributed by atoms with Crippen LogP contribution >= 0.6 is 0 Å². The largest absolute Gasteiger partial charge is 0.271 e. The monoisotopic (exact) mass is 306 g/mol. The third-order valence-electron chi connectivity index (χ3n) is 4.06. The summed E-state index contributed by atoms with van der Waals surface area (Å²) in [6, 6.07) is 17.2. The van der Waals surface area contributed by atoms with Crippen molar-refractivity contribution in [2.24, 2.45) is 10.3 Å². The van der Waals surface area contributed by atoms with E-state index in [0.717, 1.165) is 5.56 Å². The molecule has 6 heteroatoms. The number of carbonyl (C=O) groups excluding carboxylic acids is 2. The Morgan fingerprint density at radius 2 is 1.52 bits per heavy atom. The summed E-state index contributed by atoms with van der Waals surface area (Å²) in [6.07, 6.45) is 0. The predicted octanol–water partition coefficient (Wildman–Crippen LogP) is 2.18. The fourth-order valence-corrected chi connectivity index (χ4v) is 2.96. The Morgan fingerprint density at radius 1 is 0.870 bits per heavy atom. The lowest BCUT2D eigenvalue weighted by Crippen LogP contribution is -2.39. The lowest BCUT2D eigenvalue weighted by Gasteiger charge is -2.20. The van der Waals surface area contributed by atoms with E-state index in [0.29, 0.717) is 12.2 Å². The molecule has 0 saturated carbocycles. The Kier molecular flexibility index (Phi) is 3.15. The van der Waals surface area contributed by atoms with Crippen LogP contribution in [-0.4, -0.2) is 28.9 Å². The molecule has 2 aromatic carbocycles. The maximum atomic E-state index is 12.7. The van der Waals surface area contributed by atoms with E-state index in [-0.39, 0.29) is 11.8 Å². The summed E-state index contributed by atoms with van der Waals surface area (Å²) >= 11 is 0. The molecule has 114 valence electrons. The number of hydrogen-bond acceptors (Lipinski definition) is 5. The molecule has 2 heterocycles. The highest BCUT2D eigenvalue weighted by Crippen LogP contribution is 2.32. The van der Waals surface area contributed by atoms with Crippen LogP contribution in [0.5, 0.6) is 0 Å². The molecular formula is C17H14N4O2. The molecule has 1 fully saturated rings. The number of carbonyl (C=O) groups is 2. The SMILES string of the molecule is O=C1C2N=NN(Cc3ccccc3)C2C(=O)N1c1ccccc1. The van der Waals surface area contributed by atoms with Gasteiger partial charge in [-0.3, -0.25) is 14.6 Å². The quantitative estimate of drug-likeness (QED) is 0.816. The van der Waals surface area contributed by atoms with E-state index < -0.39 is 12.1 Å². The van der Waals surface area contributed by atoms with Gasteiger partial charge in [-0.25, -0.2) is 4.90 Å². The van der Waals surface area contributed by atoms with Crippen LogP contribution in [0.25, 0.3) is 0 Å². The lowest BCUT2D eigenvalue weighted by atomic mass is 10.1. The summed E-state index contributed by atoms with van der Waals surface area (Å²) in [6.45, 7) is 0.452. The third-order valence-corrected chi connectivity index (χ3v) is 4.06. The third kappa shape index (κ3) is 2.19. The van der Waals surface area contributed by atoms with E-state index in [2.05, 4.69) is 10.3 Å². The van der Waals surface area contributed by atoms with Crippen molar-refractivity contribution in [1.29, 1.82) is 0 Å². The van der Waals surface area contributed by atoms with Gasteiger partial charge >= 0.3 is 0 Å². The van der Waals surface area contributed by atoms with Crippen molar-refractivity contribution in [2.75, 3.05) is 4.90 Å². The maximum Gasteiger partial charge on any atom is 0.263 e. The van der Waals surface area contributed by atoms with Gasteiger partial charge in [-0.2, -0.15) is 5.11 Å². The molecule has 4 rings (SSSR count). The molecule has 2 amide bonds. The van der Waals surface area contributed by atoms with Gasteiger partial charge in [0.1, 0.15) is 0 Å². The minimum atomic E-state index is -0.744. The van der Waals surface area contributed by atoms with E-state index in [1.807, 2.05) is 36.4 Å². The van der Waals surface area contributed by atoms with Crippen molar-refractivity contribution in [3.63, 3.8) is 0 Å². The second kappa shape index (κ2) is 5.31. The normalized spacial score (nSPS) is 22.8. The molecule has 0 bridgehead atoms. The number of hydrogen-bond donors (Lipinski definition) is 0. The Balaban J connectivity index is 1.61. The summed E-state index contributed by atoms with van der Waals surface area (Å²) in [5, 5.41) is 9.66. The van der Waals surface area contributed by atoms with Crippen molar-refractivity contribution in [2.45, 2.75) is 18.6 Å². The summed E-state index contributed by atoms with van der Waals surface area (Å²) < 4.78 is 0. The predicted molar refractivity (Wildman–Crippen MR) is 83.4 cm³/mol. The van der Waals surface area contributed by atoms with Gasteiger partial charge in [-0.1, -0.05) is 53.8 Å². The second-order valence-electron chi connectivity index (χ2n) is 5.53. The zero-order valence-electron chi connectivity index (χ0n) is 12.2. The average Bonchev–Trinajstić information content (AvgIpc) is 3.10. The van der Waals surface area contributed by atoms with E-state index in [9.17, 15) is 9.59 Å². The van der Waals surface area contributed by atoms with Crippen molar-refractivity contribution < 1.29 is 9.59 Å². The molecule has 6 nitrogen and oxygen atoms in total. The van der Waals surface area contributed by atoms with E-state index >= 15 is 0 Å². The molecule has 0 radical (unpaired) electrons. The first-order chi connectivity index (χ1) is 11.3.